The number of nitrogens with one attached hydrogen (secondary N) is 1. The molecule has 2 aromatic rings. The van der Waals surface area contributed by atoms with Gasteiger partial charge in [-0.05, 0) is 31.5 Å². The highest BCUT2D eigenvalue weighted by molar-refractivity contribution is 5.74. The lowest BCUT2D eigenvalue weighted by molar-refractivity contribution is 0.127. The fraction of sp³-hybridized carbons (Fsp3) is 0.474. The van der Waals surface area contributed by atoms with E-state index < -0.39 is 0 Å². The van der Waals surface area contributed by atoms with Gasteiger partial charge in [0.1, 0.15) is 12.4 Å². The van der Waals surface area contributed by atoms with Crippen LogP contribution in [0.1, 0.15) is 17.0 Å². The molecule has 3 rings (SSSR count). The lowest BCUT2D eigenvalue weighted by atomic mass is 10.2. The van der Waals surface area contributed by atoms with Crippen molar-refractivity contribution in [1.29, 1.82) is 0 Å². The molecule has 7 heteroatoms. The summed E-state index contributed by atoms with van der Waals surface area (Å²) in [5.74, 6) is 1.70. The summed E-state index contributed by atoms with van der Waals surface area (Å²) < 4.78 is 10.9. The number of rotatable bonds is 6. The Morgan fingerprint density at radius 1 is 1.23 bits per heavy atom. The molecule has 1 saturated heterocycles. The van der Waals surface area contributed by atoms with E-state index in [1.165, 1.54) is 0 Å². The van der Waals surface area contributed by atoms with Crippen LogP contribution in [0, 0.1) is 13.8 Å². The zero-order chi connectivity index (χ0) is 18.4. The molecule has 0 atom stereocenters. The molecule has 1 N–H and O–H groups in total. The van der Waals surface area contributed by atoms with Crippen molar-refractivity contribution in [2.75, 3.05) is 39.3 Å². The zero-order valence-electron chi connectivity index (χ0n) is 15.4. The topological polar surface area (TPSA) is 70.8 Å². The second-order valence-corrected chi connectivity index (χ2v) is 6.59. The summed E-state index contributed by atoms with van der Waals surface area (Å²) in [5.41, 5.74) is 2.05. The first-order chi connectivity index (χ1) is 12.6. The van der Waals surface area contributed by atoms with Gasteiger partial charge in [0.15, 0.2) is 5.76 Å². The second kappa shape index (κ2) is 8.71. The smallest absolute Gasteiger partial charge is 0.317 e. The normalized spacial score (nSPS) is 15.1. The minimum absolute atomic E-state index is 0.0343. The molecule has 2 amide bonds. The summed E-state index contributed by atoms with van der Waals surface area (Å²) >= 11 is 0. The third kappa shape index (κ3) is 5.23. The predicted octanol–water partition coefficient (Wildman–Crippen LogP) is 2.20. The van der Waals surface area contributed by atoms with Crippen molar-refractivity contribution < 1.29 is 14.1 Å². The van der Waals surface area contributed by atoms with Crippen LogP contribution >= 0.6 is 0 Å². The molecule has 0 bridgehead atoms. The number of aryl methyl sites for hydroxylation is 2. The first-order valence-corrected chi connectivity index (χ1v) is 8.97. The SMILES string of the molecule is Cc1cccc(OCCNC(=O)N2CCN(Cc3cc(C)no3)CC2)c1. The van der Waals surface area contributed by atoms with Crippen LogP contribution in [0.4, 0.5) is 4.79 Å². The van der Waals surface area contributed by atoms with Gasteiger partial charge in [-0.15, -0.1) is 0 Å². The Balaban J connectivity index is 1.33. The Hall–Kier alpha value is -2.54. The van der Waals surface area contributed by atoms with Crippen LogP contribution in [0.25, 0.3) is 0 Å². The van der Waals surface area contributed by atoms with Gasteiger partial charge in [-0.3, -0.25) is 4.90 Å². The highest BCUT2D eigenvalue weighted by Gasteiger charge is 2.21. The molecule has 26 heavy (non-hydrogen) atoms. The molecule has 2 heterocycles. The standard InChI is InChI=1S/C19H26N4O3/c1-15-4-3-5-17(12-15)25-11-6-20-19(24)23-9-7-22(8-10-23)14-18-13-16(2)21-26-18/h3-5,12-13H,6-11,14H2,1-2H3,(H,20,24). The number of aromatic nitrogens is 1. The molecule has 0 radical (unpaired) electrons. The van der Waals surface area contributed by atoms with Crippen LogP contribution in [-0.4, -0.2) is 60.3 Å². The van der Waals surface area contributed by atoms with Gasteiger partial charge in [0, 0.05) is 32.2 Å². The third-order valence-electron chi connectivity index (χ3n) is 4.35. The summed E-state index contributed by atoms with van der Waals surface area (Å²) in [5, 5.41) is 6.83. The van der Waals surface area contributed by atoms with E-state index in [2.05, 4.69) is 15.4 Å². The Morgan fingerprint density at radius 3 is 2.73 bits per heavy atom. The van der Waals surface area contributed by atoms with Crippen molar-refractivity contribution in [3.63, 3.8) is 0 Å². The van der Waals surface area contributed by atoms with E-state index in [0.717, 1.165) is 42.4 Å². The van der Waals surface area contributed by atoms with E-state index in [1.807, 2.05) is 49.1 Å². The average molecular weight is 358 g/mol. The molecule has 7 nitrogen and oxygen atoms in total. The maximum Gasteiger partial charge on any atom is 0.317 e. The maximum atomic E-state index is 12.2. The number of hydrogen-bond acceptors (Lipinski definition) is 5. The van der Waals surface area contributed by atoms with Crippen LogP contribution in [0.3, 0.4) is 0 Å². The lowest BCUT2D eigenvalue weighted by Gasteiger charge is -2.34. The number of hydrogen-bond donors (Lipinski definition) is 1. The zero-order valence-corrected chi connectivity index (χ0v) is 15.4. The highest BCUT2D eigenvalue weighted by Crippen LogP contribution is 2.12. The molecule has 140 valence electrons. The number of urea groups is 1. The molecule has 0 aliphatic carbocycles. The Bertz CT molecular complexity index is 723. The van der Waals surface area contributed by atoms with E-state index in [0.29, 0.717) is 26.2 Å². The first kappa shape index (κ1) is 18.3. The molecule has 1 aromatic heterocycles. The van der Waals surface area contributed by atoms with Crippen LogP contribution in [0.2, 0.25) is 0 Å². The van der Waals surface area contributed by atoms with Crippen LogP contribution in [0.5, 0.6) is 5.75 Å². The predicted molar refractivity (Wildman–Crippen MR) is 98.2 cm³/mol. The number of piperazine rings is 1. The second-order valence-electron chi connectivity index (χ2n) is 6.59. The fourth-order valence-electron chi connectivity index (χ4n) is 2.96. The molecule has 1 fully saturated rings. The lowest BCUT2D eigenvalue weighted by Crippen LogP contribution is -2.51. The van der Waals surface area contributed by atoms with Crippen LogP contribution < -0.4 is 10.1 Å². The van der Waals surface area contributed by atoms with E-state index in [-0.39, 0.29) is 6.03 Å². The summed E-state index contributed by atoms with van der Waals surface area (Å²) in [6, 6.07) is 9.81. The van der Waals surface area contributed by atoms with Crippen molar-refractivity contribution >= 4 is 6.03 Å². The monoisotopic (exact) mass is 358 g/mol. The van der Waals surface area contributed by atoms with Crippen LogP contribution in [0.15, 0.2) is 34.9 Å². The number of nitrogens with zero attached hydrogens (tertiary/aromatic N) is 3. The summed E-state index contributed by atoms with van der Waals surface area (Å²) in [7, 11) is 0. The molecule has 0 saturated carbocycles. The van der Waals surface area contributed by atoms with Gasteiger partial charge in [0.25, 0.3) is 0 Å². The van der Waals surface area contributed by atoms with Gasteiger partial charge in [-0.2, -0.15) is 0 Å². The van der Waals surface area contributed by atoms with E-state index in [9.17, 15) is 4.79 Å². The molecule has 0 spiro atoms. The quantitative estimate of drug-likeness (QED) is 0.802. The van der Waals surface area contributed by atoms with Crippen molar-refractivity contribution in [1.82, 2.24) is 20.3 Å². The third-order valence-corrected chi connectivity index (χ3v) is 4.35. The molecular weight excluding hydrogens is 332 g/mol. The van der Waals surface area contributed by atoms with E-state index in [1.54, 1.807) is 0 Å². The highest BCUT2D eigenvalue weighted by atomic mass is 16.5. The van der Waals surface area contributed by atoms with Gasteiger partial charge in [0.05, 0.1) is 18.8 Å². The number of carbonyl (C=O) groups is 1. The fourth-order valence-corrected chi connectivity index (χ4v) is 2.96. The Morgan fingerprint density at radius 2 is 2.04 bits per heavy atom. The maximum absolute atomic E-state index is 12.2. The molecule has 1 aliphatic rings. The van der Waals surface area contributed by atoms with Crippen molar-refractivity contribution in [2.45, 2.75) is 20.4 Å². The van der Waals surface area contributed by atoms with Crippen molar-refractivity contribution in [3.8, 4) is 5.75 Å². The van der Waals surface area contributed by atoms with Gasteiger partial charge in [-0.25, -0.2) is 4.79 Å². The minimum Gasteiger partial charge on any atom is -0.492 e. The number of ether oxygens (including phenoxy) is 1. The van der Waals surface area contributed by atoms with Gasteiger partial charge in [0.2, 0.25) is 0 Å². The number of amides is 2. The van der Waals surface area contributed by atoms with Gasteiger partial charge in [-0.1, -0.05) is 17.3 Å². The molecular formula is C19H26N4O3. The minimum atomic E-state index is -0.0343. The number of carbonyl (C=O) groups excluding carboxylic acids is 1. The Labute approximate surface area is 153 Å². The van der Waals surface area contributed by atoms with Gasteiger partial charge < -0.3 is 19.5 Å². The van der Waals surface area contributed by atoms with Gasteiger partial charge >= 0.3 is 6.03 Å². The van der Waals surface area contributed by atoms with Crippen molar-refractivity contribution in [3.05, 3.63) is 47.3 Å². The molecule has 1 aliphatic heterocycles. The molecule has 1 aromatic carbocycles. The first-order valence-electron chi connectivity index (χ1n) is 8.97. The summed E-state index contributed by atoms with van der Waals surface area (Å²) in [6.07, 6.45) is 0. The molecule has 0 unspecified atom stereocenters. The average Bonchev–Trinajstić information content (AvgIpc) is 3.04. The number of benzene rings is 1. The van der Waals surface area contributed by atoms with E-state index in [4.69, 9.17) is 9.26 Å². The summed E-state index contributed by atoms with van der Waals surface area (Å²) in [4.78, 5) is 16.4. The van der Waals surface area contributed by atoms with Crippen molar-refractivity contribution in [2.24, 2.45) is 0 Å². The Kier molecular flexibility index (Phi) is 6.12. The van der Waals surface area contributed by atoms with Crippen LogP contribution in [-0.2, 0) is 6.54 Å². The van der Waals surface area contributed by atoms with E-state index >= 15 is 0 Å². The summed E-state index contributed by atoms with van der Waals surface area (Å²) in [6.45, 7) is 8.69. The largest absolute Gasteiger partial charge is 0.492 e.